The summed E-state index contributed by atoms with van der Waals surface area (Å²) in [6.45, 7) is 4.70. The van der Waals surface area contributed by atoms with Crippen LogP contribution < -0.4 is 0 Å². The van der Waals surface area contributed by atoms with E-state index < -0.39 is 11.6 Å². The average Bonchev–Trinajstić information content (AvgIpc) is 2.89. The molecular formula is C20H35NO4. The highest BCUT2D eigenvalue weighted by Crippen LogP contribution is 2.23. The smallest absolute Gasteiger partial charge is 0.303 e. The number of unbranched alkanes of at least 4 members (excludes halogenated alkanes) is 5. The van der Waals surface area contributed by atoms with Gasteiger partial charge in [0, 0.05) is 19.4 Å². The van der Waals surface area contributed by atoms with E-state index in [-0.39, 0.29) is 18.4 Å². The zero-order chi connectivity index (χ0) is 18.7. The molecule has 0 aromatic heterocycles. The second-order valence-electron chi connectivity index (χ2n) is 7.42. The van der Waals surface area contributed by atoms with E-state index in [1.807, 2.05) is 24.0 Å². The van der Waals surface area contributed by atoms with Crippen LogP contribution in [-0.4, -0.2) is 45.2 Å². The lowest BCUT2D eigenvalue weighted by atomic mass is 9.97. The van der Waals surface area contributed by atoms with Crippen LogP contribution in [0.15, 0.2) is 12.2 Å². The van der Waals surface area contributed by atoms with E-state index in [1.54, 1.807) is 0 Å². The van der Waals surface area contributed by atoms with Crippen molar-refractivity contribution >= 4 is 11.9 Å². The van der Waals surface area contributed by atoms with Crippen molar-refractivity contribution in [2.45, 2.75) is 96.1 Å². The van der Waals surface area contributed by atoms with Crippen LogP contribution in [0.25, 0.3) is 0 Å². The number of carboxylic acid groups (broad SMARTS) is 1. The highest BCUT2D eigenvalue weighted by Gasteiger charge is 2.29. The van der Waals surface area contributed by atoms with E-state index in [1.165, 1.54) is 0 Å². The van der Waals surface area contributed by atoms with Crippen molar-refractivity contribution in [2.75, 3.05) is 6.54 Å². The van der Waals surface area contributed by atoms with Gasteiger partial charge in [0.2, 0.25) is 5.91 Å². The van der Waals surface area contributed by atoms with Gasteiger partial charge in [-0.1, -0.05) is 51.2 Å². The zero-order valence-corrected chi connectivity index (χ0v) is 15.9. The number of carbonyl (C=O) groups excluding carboxylic acids is 1. The molecule has 1 rings (SSSR count). The maximum absolute atomic E-state index is 12.1. The molecule has 1 aliphatic rings. The van der Waals surface area contributed by atoms with E-state index in [2.05, 4.69) is 6.92 Å². The second kappa shape index (κ2) is 11.3. The Bertz CT molecular complexity index is 445. The number of rotatable bonds is 13. The predicted molar refractivity (Wildman–Crippen MR) is 99.4 cm³/mol. The number of carboxylic acids is 1. The molecule has 25 heavy (non-hydrogen) atoms. The second-order valence-corrected chi connectivity index (χ2v) is 7.42. The summed E-state index contributed by atoms with van der Waals surface area (Å²) in [6.07, 6.45) is 13.0. The molecule has 5 nitrogen and oxygen atoms in total. The lowest BCUT2D eigenvalue weighted by Crippen LogP contribution is -2.33. The Kier molecular flexibility index (Phi) is 9.79. The molecule has 0 spiro atoms. The van der Waals surface area contributed by atoms with Gasteiger partial charge in [0.1, 0.15) is 0 Å². The van der Waals surface area contributed by atoms with Crippen LogP contribution in [0.1, 0.15) is 84.5 Å². The first kappa shape index (κ1) is 21.7. The highest BCUT2D eigenvalue weighted by molar-refractivity contribution is 5.79. The van der Waals surface area contributed by atoms with Crippen LogP contribution in [0.5, 0.6) is 0 Å². The first-order valence-electron chi connectivity index (χ1n) is 9.78. The Hall–Kier alpha value is -1.36. The Labute approximate surface area is 152 Å². The van der Waals surface area contributed by atoms with Gasteiger partial charge in [-0.3, -0.25) is 9.59 Å². The highest BCUT2D eigenvalue weighted by atomic mass is 16.4. The monoisotopic (exact) mass is 353 g/mol. The molecule has 5 heteroatoms. The third-order valence-corrected chi connectivity index (χ3v) is 4.88. The van der Waals surface area contributed by atoms with Gasteiger partial charge in [-0.05, 0) is 32.6 Å². The molecule has 1 heterocycles. The molecule has 1 fully saturated rings. The lowest BCUT2D eigenvalue weighted by Gasteiger charge is -2.24. The van der Waals surface area contributed by atoms with Crippen LogP contribution in [0.2, 0.25) is 0 Å². The van der Waals surface area contributed by atoms with Crippen molar-refractivity contribution in [3.05, 3.63) is 12.2 Å². The van der Waals surface area contributed by atoms with Crippen LogP contribution in [0, 0.1) is 0 Å². The molecule has 144 valence electrons. The number of hydrogen-bond acceptors (Lipinski definition) is 3. The molecule has 0 bridgehead atoms. The van der Waals surface area contributed by atoms with Gasteiger partial charge in [-0.2, -0.15) is 0 Å². The number of amides is 1. The number of aliphatic carboxylic acids is 1. The van der Waals surface area contributed by atoms with Crippen molar-refractivity contribution in [3.8, 4) is 0 Å². The van der Waals surface area contributed by atoms with Gasteiger partial charge in [0.15, 0.2) is 0 Å². The van der Waals surface area contributed by atoms with E-state index in [0.717, 1.165) is 57.9 Å². The largest absolute Gasteiger partial charge is 0.481 e. The standard InChI is InChI=1S/C20H35NO4/c1-3-4-8-14-20(2,25)15-13-17-11-12-18(22)21(17)16-9-6-5-7-10-19(23)24/h13,15,17,25H,3-12,14,16H2,1-2H3,(H,23,24). The molecule has 0 aromatic rings. The molecule has 1 aliphatic heterocycles. The topological polar surface area (TPSA) is 77.8 Å². The van der Waals surface area contributed by atoms with Crippen molar-refractivity contribution in [1.29, 1.82) is 0 Å². The average molecular weight is 354 g/mol. The summed E-state index contributed by atoms with van der Waals surface area (Å²) in [5.41, 5.74) is -0.802. The summed E-state index contributed by atoms with van der Waals surface area (Å²) in [5, 5.41) is 19.1. The quantitative estimate of drug-likeness (QED) is 0.389. The van der Waals surface area contributed by atoms with E-state index in [9.17, 15) is 14.7 Å². The minimum atomic E-state index is -0.802. The molecule has 0 aromatic carbocycles. The third kappa shape index (κ3) is 9.05. The van der Waals surface area contributed by atoms with E-state index >= 15 is 0 Å². The predicted octanol–water partition coefficient (Wildman–Crippen LogP) is 3.90. The SMILES string of the molecule is CCCCCC(C)(O)C=CC1CCC(=O)N1CCCCCCC(=O)O. The zero-order valence-electron chi connectivity index (χ0n) is 15.9. The van der Waals surface area contributed by atoms with Gasteiger partial charge >= 0.3 is 5.97 Å². The number of carbonyl (C=O) groups is 2. The summed E-state index contributed by atoms with van der Waals surface area (Å²) in [7, 11) is 0. The third-order valence-electron chi connectivity index (χ3n) is 4.88. The minimum absolute atomic E-state index is 0.0872. The van der Waals surface area contributed by atoms with Crippen LogP contribution in [-0.2, 0) is 9.59 Å². The maximum Gasteiger partial charge on any atom is 0.303 e. The summed E-state index contributed by atoms with van der Waals surface area (Å²) < 4.78 is 0. The normalized spacial score (nSPS) is 20.4. The molecule has 2 N–H and O–H groups in total. The Morgan fingerprint density at radius 3 is 2.64 bits per heavy atom. The lowest BCUT2D eigenvalue weighted by molar-refractivity contribution is -0.137. The Morgan fingerprint density at radius 1 is 1.24 bits per heavy atom. The van der Waals surface area contributed by atoms with E-state index in [4.69, 9.17) is 5.11 Å². The van der Waals surface area contributed by atoms with Gasteiger partial charge < -0.3 is 15.1 Å². The van der Waals surface area contributed by atoms with Crippen molar-refractivity contribution < 1.29 is 19.8 Å². The van der Waals surface area contributed by atoms with Gasteiger partial charge in [0.05, 0.1) is 11.6 Å². The van der Waals surface area contributed by atoms with Gasteiger partial charge in [-0.15, -0.1) is 0 Å². The van der Waals surface area contributed by atoms with Crippen LogP contribution in [0.4, 0.5) is 0 Å². The molecule has 2 unspecified atom stereocenters. The van der Waals surface area contributed by atoms with Crippen molar-refractivity contribution in [1.82, 2.24) is 4.90 Å². The first-order chi connectivity index (χ1) is 11.9. The summed E-state index contributed by atoms with van der Waals surface area (Å²) >= 11 is 0. The fraction of sp³-hybridized carbons (Fsp3) is 0.800. The molecule has 0 aliphatic carbocycles. The van der Waals surface area contributed by atoms with Crippen LogP contribution in [0.3, 0.4) is 0 Å². The maximum atomic E-state index is 12.1. The number of aliphatic hydroxyl groups is 1. The fourth-order valence-electron chi connectivity index (χ4n) is 3.29. The summed E-state index contributed by atoms with van der Waals surface area (Å²) in [5.74, 6) is -0.559. The first-order valence-corrected chi connectivity index (χ1v) is 9.78. The van der Waals surface area contributed by atoms with Gasteiger partial charge in [-0.25, -0.2) is 0 Å². The Balaban J connectivity index is 2.38. The number of likely N-dealkylation sites (tertiary alicyclic amines) is 1. The molecule has 2 atom stereocenters. The minimum Gasteiger partial charge on any atom is -0.481 e. The van der Waals surface area contributed by atoms with Gasteiger partial charge in [0.25, 0.3) is 0 Å². The molecule has 1 saturated heterocycles. The molecule has 0 radical (unpaired) electrons. The summed E-state index contributed by atoms with van der Waals surface area (Å²) in [4.78, 5) is 24.5. The molecule has 1 amide bonds. The van der Waals surface area contributed by atoms with Crippen LogP contribution >= 0.6 is 0 Å². The summed E-state index contributed by atoms with van der Waals surface area (Å²) in [6, 6.07) is 0.0872. The van der Waals surface area contributed by atoms with E-state index in [0.29, 0.717) is 12.8 Å². The Morgan fingerprint density at radius 2 is 1.96 bits per heavy atom. The fourth-order valence-corrected chi connectivity index (χ4v) is 3.29. The molecule has 0 saturated carbocycles. The number of nitrogens with zero attached hydrogens (tertiary/aromatic N) is 1. The number of hydrogen-bond donors (Lipinski definition) is 2. The van der Waals surface area contributed by atoms with Crippen molar-refractivity contribution in [3.63, 3.8) is 0 Å². The van der Waals surface area contributed by atoms with Crippen molar-refractivity contribution in [2.24, 2.45) is 0 Å². The molecular weight excluding hydrogens is 318 g/mol.